The molecule has 3 amide bonds. The number of rotatable bonds is 14. The lowest BCUT2D eigenvalue weighted by atomic mass is 10.00. The number of phenolic OH excluding ortho intramolecular Hbond substituents is 1. The summed E-state index contributed by atoms with van der Waals surface area (Å²) in [6.45, 7) is 3.36. The number of para-hydroxylation sites is 1. The Balaban J connectivity index is 1.58. The Labute approximate surface area is 261 Å². The molecule has 8 N–H and O–H groups in total. The zero-order valence-electron chi connectivity index (χ0n) is 25.2. The second-order valence-corrected chi connectivity index (χ2v) is 11.4. The van der Waals surface area contributed by atoms with E-state index in [2.05, 4.69) is 20.9 Å². The number of H-pyrrole nitrogens is 1. The maximum absolute atomic E-state index is 13.9. The summed E-state index contributed by atoms with van der Waals surface area (Å²) in [4.78, 5) is 55.7. The van der Waals surface area contributed by atoms with E-state index in [1.807, 2.05) is 54.6 Å². The number of aromatic amines is 1. The van der Waals surface area contributed by atoms with Gasteiger partial charge in [0.05, 0.1) is 6.04 Å². The van der Waals surface area contributed by atoms with Gasteiger partial charge in [-0.1, -0.05) is 74.5 Å². The Hall–Kier alpha value is -5.16. The van der Waals surface area contributed by atoms with Crippen molar-refractivity contribution in [2.45, 2.75) is 57.3 Å². The molecule has 4 rings (SSSR count). The van der Waals surface area contributed by atoms with Crippen LogP contribution in [-0.4, -0.2) is 63.1 Å². The highest BCUT2D eigenvalue weighted by Crippen LogP contribution is 2.20. The van der Waals surface area contributed by atoms with Crippen molar-refractivity contribution in [3.63, 3.8) is 0 Å². The smallest absolute Gasteiger partial charge is 0.326 e. The van der Waals surface area contributed by atoms with Crippen LogP contribution in [0.3, 0.4) is 0 Å². The first-order chi connectivity index (χ1) is 21.5. The molecule has 11 nitrogen and oxygen atoms in total. The first-order valence-corrected chi connectivity index (χ1v) is 14.8. The van der Waals surface area contributed by atoms with E-state index in [9.17, 15) is 29.4 Å². The van der Waals surface area contributed by atoms with Crippen molar-refractivity contribution < 1.29 is 29.4 Å². The van der Waals surface area contributed by atoms with E-state index in [1.54, 1.807) is 32.2 Å². The van der Waals surface area contributed by atoms with Crippen molar-refractivity contribution >= 4 is 34.6 Å². The summed E-state index contributed by atoms with van der Waals surface area (Å²) in [5.41, 5.74) is 9.30. The van der Waals surface area contributed by atoms with Gasteiger partial charge in [0.1, 0.15) is 23.9 Å². The number of benzene rings is 3. The number of aromatic hydroxyl groups is 1. The van der Waals surface area contributed by atoms with E-state index in [-0.39, 0.29) is 25.0 Å². The summed E-state index contributed by atoms with van der Waals surface area (Å²) in [5.74, 6) is -3.36. The predicted octanol–water partition coefficient (Wildman–Crippen LogP) is 2.42. The number of phenols is 1. The molecule has 4 atom stereocenters. The number of aliphatic carboxylic acids is 1. The molecule has 0 spiro atoms. The van der Waals surface area contributed by atoms with Crippen molar-refractivity contribution in [2.24, 2.45) is 11.7 Å². The highest BCUT2D eigenvalue weighted by Gasteiger charge is 2.32. The minimum absolute atomic E-state index is 0.0678. The molecule has 0 radical (unpaired) electrons. The molecular formula is C34H39N5O6. The maximum Gasteiger partial charge on any atom is 0.326 e. The minimum atomic E-state index is -1.19. The van der Waals surface area contributed by atoms with Gasteiger partial charge in [-0.25, -0.2) is 4.79 Å². The minimum Gasteiger partial charge on any atom is -0.508 e. The molecule has 4 aromatic rings. The van der Waals surface area contributed by atoms with E-state index in [0.29, 0.717) is 0 Å². The molecule has 0 saturated carbocycles. The lowest BCUT2D eigenvalue weighted by molar-refractivity contribution is -0.143. The SMILES string of the molecule is CC(C)C(NC(=O)C(Cc1c[nH]c2ccccc12)NC(=O)C(Cc1ccccc1)NC(=O)C(N)Cc1ccc(O)cc1)C(=O)O. The van der Waals surface area contributed by atoms with Gasteiger partial charge in [-0.3, -0.25) is 14.4 Å². The quantitative estimate of drug-likeness (QED) is 0.114. The van der Waals surface area contributed by atoms with Gasteiger partial charge in [0, 0.05) is 29.9 Å². The van der Waals surface area contributed by atoms with Crippen LogP contribution >= 0.6 is 0 Å². The highest BCUT2D eigenvalue weighted by molar-refractivity contribution is 5.95. The summed E-state index contributed by atoms with van der Waals surface area (Å²) in [6, 6.07) is 18.5. The number of aromatic nitrogens is 1. The van der Waals surface area contributed by atoms with Crippen molar-refractivity contribution in [1.29, 1.82) is 0 Å². The van der Waals surface area contributed by atoms with Gasteiger partial charge in [0.25, 0.3) is 0 Å². The summed E-state index contributed by atoms with van der Waals surface area (Å²) in [6.07, 6.45) is 2.11. The molecule has 3 aromatic carbocycles. The third-order valence-electron chi connectivity index (χ3n) is 7.61. The van der Waals surface area contributed by atoms with Gasteiger partial charge in [0.2, 0.25) is 17.7 Å². The van der Waals surface area contributed by atoms with E-state index in [0.717, 1.165) is 27.6 Å². The van der Waals surface area contributed by atoms with Crippen LogP contribution in [0.5, 0.6) is 5.75 Å². The van der Waals surface area contributed by atoms with Gasteiger partial charge in [-0.05, 0) is 47.2 Å². The second-order valence-electron chi connectivity index (χ2n) is 11.4. The summed E-state index contributed by atoms with van der Waals surface area (Å²) < 4.78 is 0. The zero-order valence-corrected chi connectivity index (χ0v) is 25.2. The van der Waals surface area contributed by atoms with Gasteiger partial charge in [-0.15, -0.1) is 0 Å². The Kier molecular flexibility index (Phi) is 10.9. The Bertz CT molecular complexity index is 1620. The Morgan fingerprint density at radius 2 is 1.31 bits per heavy atom. The van der Waals surface area contributed by atoms with Crippen molar-refractivity contribution in [2.75, 3.05) is 0 Å². The van der Waals surface area contributed by atoms with Crippen LogP contribution in [-0.2, 0) is 38.4 Å². The molecule has 0 saturated heterocycles. The summed E-state index contributed by atoms with van der Waals surface area (Å²) in [7, 11) is 0. The number of carboxylic acids is 1. The van der Waals surface area contributed by atoms with Crippen LogP contribution in [0.2, 0.25) is 0 Å². The number of carbonyl (C=O) groups is 4. The third-order valence-corrected chi connectivity index (χ3v) is 7.61. The largest absolute Gasteiger partial charge is 0.508 e. The number of nitrogens with two attached hydrogens (primary N) is 1. The van der Waals surface area contributed by atoms with Crippen LogP contribution in [0.1, 0.15) is 30.5 Å². The van der Waals surface area contributed by atoms with E-state index < -0.39 is 53.8 Å². The molecule has 0 fully saturated rings. The van der Waals surface area contributed by atoms with Crippen LogP contribution in [0.25, 0.3) is 10.9 Å². The number of carbonyl (C=O) groups excluding carboxylic acids is 3. The molecule has 0 aliphatic rings. The first-order valence-electron chi connectivity index (χ1n) is 14.8. The average Bonchev–Trinajstić information content (AvgIpc) is 3.42. The zero-order chi connectivity index (χ0) is 32.5. The number of hydrogen-bond donors (Lipinski definition) is 7. The monoisotopic (exact) mass is 613 g/mol. The second kappa shape index (κ2) is 15.0. The molecule has 0 aliphatic carbocycles. The molecule has 0 bridgehead atoms. The lowest BCUT2D eigenvalue weighted by Gasteiger charge is -2.26. The molecule has 4 unspecified atom stereocenters. The van der Waals surface area contributed by atoms with Crippen molar-refractivity contribution in [3.05, 3.63) is 102 Å². The summed E-state index contributed by atoms with van der Waals surface area (Å²) in [5, 5.41) is 28.2. The number of nitrogens with one attached hydrogen (secondary N) is 4. The number of hydrogen-bond acceptors (Lipinski definition) is 6. The molecular weight excluding hydrogens is 574 g/mol. The standard InChI is InChI=1S/C34H39N5O6/c1-20(2)30(34(44)45)39-33(43)29(18-23-19-36-27-11-7-6-10-25(23)27)38-32(42)28(17-21-8-4-3-5-9-21)37-31(41)26(35)16-22-12-14-24(40)15-13-22/h3-15,19-20,26,28-30,36,40H,16-18,35H2,1-2H3,(H,37,41)(H,38,42)(H,39,43)(H,44,45). The van der Waals surface area contributed by atoms with Gasteiger partial charge in [0.15, 0.2) is 0 Å². The fraction of sp³-hybridized carbons (Fsp3) is 0.294. The van der Waals surface area contributed by atoms with Gasteiger partial charge in [-0.2, -0.15) is 0 Å². The fourth-order valence-electron chi connectivity index (χ4n) is 5.09. The predicted molar refractivity (Wildman–Crippen MR) is 170 cm³/mol. The van der Waals surface area contributed by atoms with Crippen molar-refractivity contribution in [3.8, 4) is 5.75 Å². The topological polar surface area (TPSA) is 187 Å². The average molecular weight is 614 g/mol. The van der Waals surface area contributed by atoms with Crippen LogP contribution in [0.15, 0.2) is 85.1 Å². The third kappa shape index (κ3) is 8.93. The Morgan fingerprint density at radius 1 is 0.733 bits per heavy atom. The number of fused-ring (bicyclic) bond motifs is 1. The highest BCUT2D eigenvalue weighted by atomic mass is 16.4. The van der Waals surface area contributed by atoms with Gasteiger partial charge < -0.3 is 36.9 Å². The lowest BCUT2D eigenvalue weighted by Crippen LogP contribution is -2.58. The van der Waals surface area contributed by atoms with Gasteiger partial charge >= 0.3 is 5.97 Å². The van der Waals surface area contributed by atoms with Crippen LogP contribution in [0, 0.1) is 5.92 Å². The van der Waals surface area contributed by atoms with E-state index >= 15 is 0 Å². The first kappa shape index (κ1) is 32.7. The summed E-state index contributed by atoms with van der Waals surface area (Å²) >= 11 is 0. The number of amides is 3. The molecule has 0 aliphatic heterocycles. The fourth-order valence-corrected chi connectivity index (χ4v) is 5.09. The van der Waals surface area contributed by atoms with E-state index in [4.69, 9.17) is 5.73 Å². The molecule has 236 valence electrons. The van der Waals surface area contributed by atoms with E-state index in [1.165, 1.54) is 12.1 Å². The molecule has 1 heterocycles. The Morgan fingerprint density at radius 3 is 1.98 bits per heavy atom. The van der Waals surface area contributed by atoms with Crippen molar-refractivity contribution in [1.82, 2.24) is 20.9 Å². The maximum atomic E-state index is 13.9. The number of carboxylic acid groups (broad SMARTS) is 1. The molecule has 1 aromatic heterocycles. The van der Waals surface area contributed by atoms with Crippen LogP contribution in [0.4, 0.5) is 0 Å². The normalized spacial score (nSPS) is 13.9. The van der Waals surface area contributed by atoms with Crippen LogP contribution < -0.4 is 21.7 Å². The molecule has 45 heavy (non-hydrogen) atoms. The molecule has 11 heteroatoms.